The number of rotatable bonds is 12. The molecule has 0 bridgehead atoms. The molecule has 4 atom stereocenters. The van der Waals surface area contributed by atoms with Crippen molar-refractivity contribution in [3.05, 3.63) is 0 Å². The zero-order valence-electron chi connectivity index (χ0n) is 18.9. The minimum absolute atomic E-state index is 0.0740. The molecule has 2 heterocycles. The molecule has 0 aromatic carbocycles. The standard InChI is InChI=1S/C20H33N7O7/c21-20(22)24-8-2-5-12(19(33)34)25-17(31)14-6-3-9-27(14)18(32)13(10-15(28)29)26-16(30)11-4-1-7-23-11/h11-14,23H,1-10H2,(H,25,31)(H,26,30)(H,28,29)(H,33,34)(H4,21,22,24). The largest absolute Gasteiger partial charge is 0.481 e. The summed E-state index contributed by atoms with van der Waals surface area (Å²) in [7, 11) is 0. The van der Waals surface area contributed by atoms with Gasteiger partial charge in [0.2, 0.25) is 17.7 Å². The Morgan fingerprint density at radius 3 is 2.32 bits per heavy atom. The van der Waals surface area contributed by atoms with E-state index in [9.17, 15) is 34.2 Å². The van der Waals surface area contributed by atoms with E-state index in [1.54, 1.807) is 0 Å². The lowest BCUT2D eigenvalue weighted by atomic mass is 10.1. The molecule has 0 saturated carbocycles. The van der Waals surface area contributed by atoms with Crippen LogP contribution in [-0.4, -0.2) is 94.5 Å². The van der Waals surface area contributed by atoms with Crippen molar-refractivity contribution in [3.8, 4) is 0 Å². The minimum atomic E-state index is -1.34. The Balaban J connectivity index is 2.04. The lowest BCUT2D eigenvalue weighted by Crippen LogP contribution is -2.57. The number of carbonyl (C=O) groups is 5. The molecule has 2 aliphatic rings. The highest BCUT2D eigenvalue weighted by molar-refractivity contribution is 5.96. The summed E-state index contributed by atoms with van der Waals surface area (Å²) in [6.45, 7) is 1.04. The van der Waals surface area contributed by atoms with Crippen molar-refractivity contribution in [1.29, 1.82) is 0 Å². The van der Waals surface area contributed by atoms with Crippen LogP contribution in [0, 0.1) is 0 Å². The van der Waals surface area contributed by atoms with Crippen LogP contribution in [0.5, 0.6) is 0 Å². The van der Waals surface area contributed by atoms with Crippen LogP contribution >= 0.6 is 0 Å². The van der Waals surface area contributed by atoms with Gasteiger partial charge in [0.15, 0.2) is 5.96 Å². The zero-order chi connectivity index (χ0) is 25.3. The Morgan fingerprint density at radius 2 is 1.74 bits per heavy atom. The Labute approximate surface area is 196 Å². The van der Waals surface area contributed by atoms with Gasteiger partial charge < -0.3 is 42.5 Å². The maximum Gasteiger partial charge on any atom is 0.326 e. The molecule has 34 heavy (non-hydrogen) atoms. The average Bonchev–Trinajstić information content (AvgIpc) is 3.46. The number of likely N-dealkylation sites (tertiary alicyclic amines) is 1. The van der Waals surface area contributed by atoms with Gasteiger partial charge in [-0.2, -0.15) is 0 Å². The lowest BCUT2D eigenvalue weighted by molar-refractivity contribution is -0.147. The maximum atomic E-state index is 13.1. The first kappa shape index (κ1) is 26.8. The van der Waals surface area contributed by atoms with E-state index < -0.39 is 60.2 Å². The number of aliphatic carboxylic acids is 2. The fourth-order valence-electron chi connectivity index (χ4n) is 4.09. The number of nitrogens with one attached hydrogen (secondary N) is 3. The molecule has 3 amide bonds. The predicted molar refractivity (Wildman–Crippen MR) is 119 cm³/mol. The van der Waals surface area contributed by atoms with Crippen molar-refractivity contribution >= 4 is 35.6 Å². The van der Waals surface area contributed by atoms with Crippen molar-refractivity contribution in [3.63, 3.8) is 0 Å². The van der Waals surface area contributed by atoms with Crippen LogP contribution in [0.15, 0.2) is 4.99 Å². The number of carbonyl (C=O) groups excluding carboxylic acids is 3. The number of guanidine groups is 1. The molecule has 0 aromatic rings. The quantitative estimate of drug-likeness (QED) is 0.0863. The molecular formula is C20H33N7O7. The highest BCUT2D eigenvalue weighted by atomic mass is 16.4. The second kappa shape index (κ2) is 12.7. The van der Waals surface area contributed by atoms with E-state index in [2.05, 4.69) is 20.9 Å². The van der Waals surface area contributed by atoms with Crippen LogP contribution in [0.1, 0.15) is 44.9 Å². The zero-order valence-corrected chi connectivity index (χ0v) is 18.9. The molecule has 9 N–H and O–H groups in total. The number of hydrogen-bond donors (Lipinski definition) is 7. The number of nitrogens with zero attached hydrogens (tertiary/aromatic N) is 2. The number of amides is 3. The first-order chi connectivity index (χ1) is 16.1. The van der Waals surface area contributed by atoms with Gasteiger partial charge in [0.25, 0.3) is 0 Å². The molecule has 2 saturated heterocycles. The Hall–Kier alpha value is -3.42. The van der Waals surface area contributed by atoms with Gasteiger partial charge in [-0.3, -0.25) is 24.2 Å². The second-order valence-corrected chi connectivity index (χ2v) is 8.35. The number of aliphatic imine (C=N–C) groups is 1. The smallest absolute Gasteiger partial charge is 0.326 e. The predicted octanol–water partition coefficient (Wildman–Crippen LogP) is -2.69. The molecule has 0 radical (unpaired) electrons. The Bertz CT molecular complexity index is 809. The van der Waals surface area contributed by atoms with Crippen molar-refractivity contribution in [2.24, 2.45) is 16.5 Å². The summed E-state index contributed by atoms with van der Waals surface area (Å²) < 4.78 is 0. The molecule has 0 aliphatic carbocycles. The van der Waals surface area contributed by atoms with E-state index in [-0.39, 0.29) is 31.9 Å². The minimum Gasteiger partial charge on any atom is -0.481 e. The fraction of sp³-hybridized carbons (Fsp3) is 0.700. The third kappa shape index (κ3) is 7.86. The number of nitrogens with two attached hydrogens (primary N) is 2. The van der Waals surface area contributed by atoms with Gasteiger partial charge in [-0.15, -0.1) is 0 Å². The summed E-state index contributed by atoms with van der Waals surface area (Å²) in [5, 5.41) is 26.6. The molecule has 4 unspecified atom stereocenters. The van der Waals surface area contributed by atoms with Gasteiger partial charge in [-0.1, -0.05) is 0 Å². The fourth-order valence-corrected chi connectivity index (χ4v) is 4.09. The maximum absolute atomic E-state index is 13.1. The first-order valence-electron chi connectivity index (χ1n) is 11.2. The van der Waals surface area contributed by atoms with E-state index in [4.69, 9.17) is 11.5 Å². The summed E-state index contributed by atoms with van der Waals surface area (Å²) in [5.74, 6) is -4.45. The van der Waals surface area contributed by atoms with Crippen LogP contribution < -0.4 is 27.4 Å². The number of carboxylic acids is 2. The molecular weight excluding hydrogens is 450 g/mol. The molecule has 0 aromatic heterocycles. The van der Waals surface area contributed by atoms with Gasteiger partial charge in [0.05, 0.1) is 12.5 Å². The average molecular weight is 484 g/mol. The van der Waals surface area contributed by atoms with Crippen molar-refractivity contribution in [1.82, 2.24) is 20.9 Å². The van der Waals surface area contributed by atoms with Crippen LogP contribution in [0.25, 0.3) is 0 Å². The summed E-state index contributed by atoms with van der Waals surface area (Å²) in [5.41, 5.74) is 10.5. The molecule has 190 valence electrons. The van der Waals surface area contributed by atoms with E-state index in [0.717, 1.165) is 6.42 Å². The highest BCUT2D eigenvalue weighted by Gasteiger charge is 2.40. The first-order valence-corrected chi connectivity index (χ1v) is 11.2. The molecule has 14 heteroatoms. The second-order valence-electron chi connectivity index (χ2n) is 8.35. The normalized spacial score (nSPS) is 21.4. The summed E-state index contributed by atoms with van der Waals surface area (Å²) in [6, 6.07) is -4.01. The van der Waals surface area contributed by atoms with E-state index >= 15 is 0 Å². The highest BCUT2D eigenvalue weighted by Crippen LogP contribution is 2.20. The van der Waals surface area contributed by atoms with E-state index in [1.807, 2.05) is 0 Å². The van der Waals surface area contributed by atoms with E-state index in [1.165, 1.54) is 4.90 Å². The molecule has 0 spiro atoms. The van der Waals surface area contributed by atoms with Gasteiger partial charge in [-0.05, 0) is 45.1 Å². The van der Waals surface area contributed by atoms with Gasteiger partial charge in [0, 0.05) is 13.1 Å². The van der Waals surface area contributed by atoms with Gasteiger partial charge in [0.1, 0.15) is 18.1 Å². The van der Waals surface area contributed by atoms with Crippen molar-refractivity contribution < 1.29 is 34.2 Å². The van der Waals surface area contributed by atoms with Crippen molar-refractivity contribution in [2.75, 3.05) is 19.6 Å². The third-order valence-electron chi connectivity index (χ3n) is 5.77. The summed E-state index contributed by atoms with van der Waals surface area (Å²) in [6.07, 6.45) is 1.88. The third-order valence-corrected chi connectivity index (χ3v) is 5.77. The van der Waals surface area contributed by atoms with Crippen LogP contribution in [0.3, 0.4) is 0 Å². The van der Waals surface area contributed by atoms with Crippen LogP contribution in [0.4, 0.5) is 0 Å². The van der Waals surface area contributed by atoms with E-state index in [0.29, 0.717) is 25.8 Å². The number of carboxylic acid groups (broad SMARTS) is 2. The van der Waals surface area contributed by atoms with Crippen molar-refractivity contribution in [2.45, 2.75) is 69.1 Å². The van der Waals surface area contributed by atoms with Crippen LogP contribution in [-0.2, 0) is 24.0 Å². The number of hydrogen-bond acceptors (Lipinski definition) is 7. The molecule has 2 rings (SSSR count). The SMILES string of the molecule is NC(N)=NCCCC(NC(=O)C1CCCN1C(=O)C(CC(=O)O)NC(=O)C1CCCN1)C(=O)O. The molecule has 14 nitrogen and oxygen atoms in total. The van der Waals surface area contributed by atoms with Gasteiger partial charge in [-0.25, -0.2) is 4.79 Å². The molecule has 2 fully saturated rings. The lowest BCUT2D eigenvalue weighted by Gasteiger charge is -2.29. The van der Waals surface area contributed by atoms with Crippen LogP contribution in [0.2, 0.25) is 0 Å². The Morgan fingerprint density at radius 1 is 1.03 bits per heavy atom. The monoisotopic (exact) mass is 483 g/mol. The molecule has 2 aliphatic heterocycles. The summed E-state index contributed by atoms with van der Waals surface area (Å²) >= 11 is 0. The Kier molecular flexibility index (Phi) is 10.0. The summed E-state index contributed by atoms with van der Waals surface area (Å²) in [4.78, 5) is 66.3. The van der Waals surface area contributed by atoms with Gasteiger partial charge >= 0.3 is 11.9 Å². The topological polar surface area (TPSA) is 230 Å².